The second-order valence-electron chi connectivity index (χ2n) is 6.93. The number of hydrogen-bond donors (Lipinski definition) is 1. The minimum absolute atomic E-state index is 0.0437. The summed E-state index contributed by atoms with van der Waals surface area (Å²) in [6.07, 6.45) is 0. The van der Waals surface area contributed by atoms with Crippen molar-refractivity contribution in [1.82, 2.24) is 0 Å². The van der Waals surface area contributed by atoms with E-state index in [4.69, 9.17) is 36.3 Å². The van der Waals surface area contributed by atoms with Crippen molar-refractivity contribution in [3.63, 3.8) is 0 Å². The smallest absolute Gasteiger partial charge is 0.338 e. The monoisotopic (exact) mass is 454 g/mol. The van der Waals surface area contributed by atoms with Gasteiger partial charge in [-0.25, -0.2) is 4.79 Å². The van der Waals surface area contributed by atoms with Crippen LogP contribution in [0.2, 0.25) is 5.02 Å². The van der Waals surface area contributed by atoms with Crippen molar-refractivity contribution in [1.29, 1.82) is 5.26 Å². The van der Waals surface area contributed by atoms with Crippen molar-refractivity contribution in [3.05, 3.63) is 81.4 Å². The van der Waals surface area contributed by atoms with E-state index in [1.807, 2.05) is 6.07 Å². The lowest BCUT2D eigenvalue weighted by molar-refractivity contribution is -0.139. The van der Waals surface area contributed by atoms with Crippen LogP contribution in [-0.4, -0.2) is 19.7 Å². The summed E-state index contributed by atoms with van der Waals surface area (Å²) < 4.78 is 22.0. The molecular weight excluding hydrogens is 432 g/mol. The predicted molar refractivity (Wildman–Crippen MR) is 119 cm³/mol. The maximum Gasteiger partial charge on any atom is 0.338 e. The van der Waals surface area contributed by atoms with E-state index in [-0.39, 0.29) is 30.2 Å². The molecule has 1 heterocycles. The van der Waals surface area contributed by atoms with Crippen molar-refractivity contribution in [2.45, 2.75) is 26.4 Å². The summed E-state index contributed by atoms with van der Waals surface area (Å²) in [5, 5.41) is 10.4. The molecule has 2 aromatic carbocycles. The number of halogens is 1. The number of esters is 1. The van der Waals surface area contributed by atoms with Gasteiger partial charge in [-0.05, 0) is 55.8 Å². The number of nitriles is 1. The molecule has 0 aromatic heterocycles. The Morgan fingerprint density at radius 1 is 1.25 bits per heavy atom. The summed E-state index contributed by atoms with van der Waals surface area (Å²) in [6, 6.07) is 14.4. The van der Waals surface area contributed by atoms with Gasteiger partial charge in [0.15, 0.2) is 0 Å². The van der Waals surface area contributed by atoms with Crippen LogP contribution in [0.15, 0.2) is 65.3 Å². The van der Waals surface area contributed by atoms with Gasteiger partial charge in [0.25, 0.3) is 0 Å². The van der Waals surface area contributed by atoms with E-state index in [9.17, 15) is 10.1 Å². The standard InChI is InChI=1S/C24H23ClN2O5/c1-4-30-24(28)21-14(2)32-23(27)19(12-26)22(21)15-5-10-20(29-3)16(11-15)13-31-18-8-6-17(25)7-9-18/h5-11,22H,4,13,27H2,1-3H3. The highest BCUT2D eigenvalue weighted by atomic mass is 35.5. The predicted octanol–water partition coefficient (Wildman–Crippen LogP) is 4.57. The average molecular weight is 455 g/mol. The summed E-state index contributed by atoms with van der Waals surface area (Å²) >= 11 is 5.93. The molecule has 0 bridgehead atoms. The van der Waals surface area contributed by atoms with Gasteiger partial charge in [-0.15, -0.1) is 0 Å². The molecule has 3 rings (SSSR count). The zero-order valence-corrected chi connectivity index (χ0v) is 18.7. The average Bonchev–Trinajstić information content (AvgIpc) is 2.78. The van der Waals surface area contributed by atoms with Gasteiger partial charge in [0.05, 0.1) is 25.2 Å². The number of carbonyl (C=O) groups excluding carboxylic acids is 1. The van der Waals surface area contributed by atoms with Crippen LogP contribution in [-0.2, 0) is 20.9 Å². The molecule has 0 aliphatic carbocycles. The first-order valence-electron chi connectivity index (χ1n) is 9.90. The number of ether oxygens (including phenoxy) is 4. The Labute approximate surface area is 191 Å². The number of allylic oxidation sites excluding steroid dienone is 2. The highest BCUT2D eigenvalue weighted by Gasteiger charge is 2.36. The Morgan fingerprint density at radius 3 is 2.59 bits per heavy atom. The molecule has 32 heavy (non-hydrogen) atoms. The molecule has 0 saturated carbocycles. The van der Waals surface area contributed by atoms with Crippen LogP contribution < -0.4 is 15.2 Å². The van der Waals surface area contributed by atoms with E-state index in [0.717, 1.165) is 5.56 Å². The first-order chi connectivity index (χ1) is 15.4. The molecule has 166 valence electrons. The highest BCUT2D eigenvalue weighted by molar-refractivity contribution is 6.30. The molecule has 0 amide bonds. The summed E-state index contributed by atoms with van der Waals surface area (Å²) in [4.78, 5) is 12.7. The fourth-order valence-corrected chi connectivity index (χ4v) is 3.60. The zero-order valence-electron chi connectivity index (χ0n) is 18.0. The van der Waals surface area contributed by atoms with E-state index in [1.54, 1.807) is 57.4 Å². The molecule has 2 aromatic rings. The summed E-state index contributed by atoms with van der Waals surface area (Å²) in [5.74, 6) is 0.178. The lowest BCUT2D eigenvalue weighted by Crippen LogP contribution is -2.25. The van der Waals surface area contributed by atoms with Gasteiger partial charge in [0.2, 0.25) is 5.88 Å². The number of carbonyl (C=O) groups is 1. The van der Waals surface area contributed by atoms with E-state index >= 15 is 0 Å². The van der Waals surface area contributed by atoms with E-state index < -0.39 is 11.9 Å². The van der Waals surface area contributed by atoms with Crippen LogP contribution in [0.25, 0.3) is 0 Å². The first kappa shape index (κ1) is 23.0. The van der Waals surface area contributed by atoms with Crippen molar-refractivity contribution < 1.29 is 23.7 Å². The van der Waals surface area contributed by atoms with Gasteiger partial charge >= 0.3 is 5.97 Å². The van der Waals surface area contributed by atoms with Crippen LogP contribution in [0.4, 0.5) is 0 Å². The third kappa shape index (κ3) is 4.82. The Balaban J connectivity index is 2.02. The van der Waals surface area contributed by atoms with Crippen LogP contribution in [0.1, 0.15) is 30.9 Å². The maximum absolute atomic E-state index is 12.7. The van der Waals surface area contributed by atoms with Crippen LogP contribution in [0, 0.1) is 11.3 Å². The minimum atomic E-state index is -0.743. The number of nitrogens with zero attached hydrogens (tertiary/aromatic N) is 1. The fraction of sp³-hybridized carbons (Fsp3) is 0.250. The van der Waals surface area contributed by atoms with E-state index in [1.165, 1.54) is 0 Å². The van der Waals surface area contributed by atoms with E-state index in [2.05, 4.69) is 6.07 Å². The molecule has 1 atom stereocenters. The van der Waals surface area contributed by atoms with Crippen molar-refractivity contribution in [2.24, 2.45) is 5.73 Å². The van der Waals surface area contributed by atoms with Crippen LogP contribution in [0.5, 0.6) is 11.5 Å². The second kappa shape index (κ2) is 10.1. The molecule has 7 nitrogen and oxygen atoms in total. The van der Waals surface area contributed by atoms with Gasteiger partial charge in [-0.2, -0.15) is 5.26 Å². The van der Waals surface area contributed by atoms with Gasteiger partial charge in [0.1, 0.15) is 35.5 Å². The molecule has 2 N–H and O–H groups in total. The Bertz CT molecular complexity index is 1120. The highest BCUT2D eigenvalue weighted by Crippen LogP contribution is 2.40. The molecule has 1 aliphatic heterocycles. The quantitative estimate of drug-likeness (QED) is 0.611. The van der Waals surface area contributed by atoms with Crippen LogP contribution >= 0.6 is 11.6 Å². The second-order valence-corrected chi connectivity index (χ2v) is 7.37. The van der Waals surface area contributed by atoms with Gasteiger partial charge < -0.3 is 24.7 Å². The SMILES string of the molecule is CCOC(=O)C1=C(C)OC(N)=C(C#N)C1c1ccc(OC)c(COc2ccc(Cl)cc2)c1. The lowest BCUT2D eigenvalue weighted by Gasteiger charge is -2.27. The normalized spacial score (nSPS) is 15.7. The van der Waals surface area contributed by atoms with E-state index in [0.29, 0.717) is 27.8 Å². The number of benzene rings is 2. The number of methoxy groups -OCH3 is 1. The third-order valence-corrected chi connectivity index (χ3v) is 5.20. The summed E-state index contributed by atoms with van der Waals surface area (Å²) in [5.41, 5.74) is 7.72. The maximum atomic E-state index is 12.7. The molecule has 1 aliphatic rings. The molecule has 0 fully saturated rings. The van der Waals surface area contributed by atoms with Crippen molar-refractivity contribution in [2.75, 3.05) is 13.7 Å². The first-order valence-corrected chi connectivity index (χ1v) is 10.3. The zero-order chi connectivity index (χ0) is 23.3. The van der Waals surface area contributed by atoms with Crippen molar-refractivity contribution >= 4 is 17.6 Å². The molecule has 0 radical (unpaired) electrons. The molecular formula is C24H23ClN2O5. The molecule has 8 heteroatoms. The Kier molecular flexibility index (Phi) is 7.29. The van der Waals surface area contributed by atoms with Gasteiger partial charge in [-0.3, -0.25) is 0 Å². The summed E-state index contributed by atoms with van der Waals surface area (Å²) in [6.45, 7) is 3.71. The number of rotatable bonds is 7. The molecule has 0 spiro atoms. The summed E-state index contributed by atoms with van der Waals surface area (Å²) in [7, 11) is 1.56. The topological polar surface area (TPSA) is 104 Å². The van der Waals surface area contributed by atoms with Crippen molar-refractivity contribution in [3.8, 4) is 17.6 Å². The minimum Gasteiger partial charge on any atom is -0.496 e. The third-order valence-electron chi connectivity index (χ3n) is 4.95. The largest absolute Gasteiger partial charge is 0.496 e. The number of hydrogen-bond acceptors (Lipinski definition) is 7. The molecule has 1 unspecified atom stereocenters. The number of nitrogens with two attached hydrogens (primary N) is 1. The van der Waals surface area contributed by atoms with Gasteiger partial charge in [-0.1, -0.05) is 17.7 Å². The van der Waals surface area contributed by atoms with Crippen LogP contribution in [0.3, 0.4) is 0 Å². The Hall–Kier alpha value is -3.63. The molecule has 0 saturated heterocycles. The Morgan fingerprint density at radius 2 is 1.97 bits per heavy atom. The van der Waals surface area contributed by atoms with Gasteiger partial charge in [0, 0.05) is 10.6 Å². The fourth-order valence-electron chi connectivity index (χ4n) is 3.47. The lowest BCUT2D eigenvalue weighted by atomic mass is 9.82.